The van der Waals surface area contributed by atoms with Gasteiger partial charge in [0.1, 0.15) is 23.9 Å². The molecule has 2 aromatic rings. The summed E-state index contributed by atoms with van der Waals surface area (Å²) < 4.78 is 0. The van der Waals surface area contributed by atoms with Crippen molar-refractivity contribution in [2.75, 3.05) is 13.2 Å². The predicted molar refractivity (Wildman–Crippen MR) is 143 cm³/mol. The lowest BCUT2D eigenvalue weighted by Gasteiger charge is -2.25. The molecule has 13 N–H and O–H groups in total. The largest absolute Gasteiger partial charge is 0.508 e. The monoisotopic (exact) mass is 561 g/mol. The van der Waals surface area contributed by atoms with E-state index < -0.39 is 54.5 Å². The number of hydrogen-bond acceptors (Lipinski definition) is 9. The van der Waals surface area contributed by atoms with E-state index in [-0.39, 0.29) is 43.9 Å². The van der Waals surface area contributed by atoms with E-state index in [1.807, 2.05) is 0 Å². The number of imidazole rings is 1. The summed E-state index contributed by atoms with van der Waals surface area (Å²) in [7, 11) is 0. The van der Waals surface area contributed by atoms with Crippen molar-refractivity contribution in [2.45, 2.75) is 49.9 Å². The van der Waals surface area contributed by atoms with E-state index in [4.69, 9.17) is 17.2 Å². The minimum atomic E-state index is -1.61. The second-order valence-corrected chi connectivity index (χ2v) is 8.91. The number of carbonyl (C=O) groups excluding carboxylic acids is 3. The van der Waals surface area contributed by atoms with E-state index in [0.717, 1.165) is 0 Å². The van der Waals surface area contributed by atoms with Gasteiger partial charge >= 0.3 is 5.97 Å². The number of carbonyl (C=O) groups is 4. The van der Waals surface area contributed by atoms with Gasteiger partial charge < -0.3 is 53.5 Å². The maximum absolute atomic E-state index is 13.3. The molecule has 4 atom stereocenters. The average Bonchev–Trinajstić information content (AvgIpc) is 3.42. The van der Waals surface area contributed by atoms with Crippen molar-refractivity contribution in [3.63, 3.8) is 0 Å². The first kappa shape index (κ1) is 31.5. The van der Waals surface area contributed by atoms with Crippen molar-refractivity contribution in [3.8, 4) is 5.75 Å². The van der Waals surface area contributed by atoms with Gasteiger partial charge in [-0.1, -0.05) is 12.1 Å². The maximum Gasteiger partial charge on any atom is 0.328 e. The van der Waals surface area contributed by atoms with Crippen LogP contribution in [0.25, 0.3) is 0 Å². The number of aromatic nitrogens is 2. The number of carboxylic acids is 1. The summed E-state index contributed by atoms with van der Waals surface area (Å²) in [5, 5.41) is 35.4. The van der Waals surface area contributed by atoms with Gasteiger partial charge in [0, 0.05) is 31.3 Å². The van der Waals surface area contributed by atoms with Crippen LogP contribution in [0.4, 0.5) is 0 Å². The number of aliphatic carboxylic acids is 1. The molecule has 2 rings (SSSR count). The molecule has 0 saturated carbocycles. The lowest BCUT2D eigenvalue weighted by atomic mass is 10.0. The lowest BCUT2D eigenvalue weighted by Crippen LogP contribution is -2.58. The van der Waals surface area contributed by atoms with Crippen molar-refractivity contribution < 1.29 is 34.5 Å². The molecule has 40 heavy (non-hydrogen) atoms. The molecule has 0 bridgehead atoms. The quantitative estimate of drug-likeness (QED) is 0.0553. The fourth-order valence-corrected chi connectivity index (χ4v) is 3.58. The summed E-state index contributed by atoms with van der Waals surface area (Å²) in [5.74, 6) is -3.90. The molecule has 0 fully saturated rings. The highest BCUT2D eigenvalue weighted by molar-refractivity contribution is 5.94. The van der Waals surface area contributed by atoms with Crippen LogP contribution in [0.15, 0.2) is 41.8 Å². The number of aromatic hydroxyl groups is 1. The molecule has 16 heteroatoms. The van der Waals surface area contributed by atoms with Crippen LogP contribution in [0.3, 0.4) is 0 Å². The van der Waals surface area contributed by atoms with Gasteiger partial charge in [0.25, 0.3) is 0 Å². The zero-order valence-electron chi connectivity index (χ0n) is 21.6. The number of phenolic OH excluding ortho intramolecular Hbond substituents is 1. The van der Waals surface area contributed by atoms with Gasteiger partial charge in [0.15, 0.2) is 5.96 Å². The molecule has 0 aliphatic rings. The number of guanidine groups is 1. The zero-order chi connectivity index (χ0) is 29.7. The summed E-state index contributed by atoms with van der Waals surface area (Å²) in [6.45, 7) is -0.713. The SMILES string of the molecule is NC(N)=NCCCC(NC(=O)C(N)Cc1cnc[nH]1)C(=O)NC(Cc1ccc(O)cc1)C(=O)NC(CO)C(=O)O. The number of carboxylic acid groups (broad SMARTS) is 1. The van der Waals surface area contributed by atoms with Crippen molar-refractivity contribution in [1.82, 2.24) is 25.9 Å². The Kier molecular flexibility index (Phi) is 12.3. The summed E-state index contributed by atoms with van der Waals surface area (Å²) in [6.07, 6.45) is 3.34. The van der Waals surface area contributed by atoms with Crippen molar-refractivity contribution in [2.24, 2.45) is 22.2 Å². The Balaban J connectivity index is 2.22. The van der Waals surface area contributed by atoms with Gasteiger partial charge in [0.05, 0.1) is 19.0 Å². The van der Waals surface area contributed by atoms with Crippen LogP contribution in [-0.2, 0) is 32.0 Å². The highest BCUT2D eigenvalue weighted by Crippen LogP contribution is 2.12. The number of nitrogens with zero attached hydrogens (tertiary/aromatic N) is 2. The number of aliphatic hydroxyl groups excluding tert-OH is 1. The molecule has 0 aliphatic carbocycles. The van der Waals surface area contributed by atoms with Gasteiger partial charge in [-0.25, -0.2) is 9.78 Å². The van der Waals surface area contributed by atoms with Gasteiger partial charge in [-0.3, -0.25) is 19.4 Å². The molecule has 1 aromatic heterocycles. The van der Waals surface area contributed by atoms with Crippen molar-refractivity contribution in [3.05, 3.63) is 48.0 Å². The fourth-order valence-electron chi connectivity index (χ4n) is 3.58. The van der Waals surface area contributed by atoms with Crippen LogP contribution in [0.5, 0.6) is 5.75 Å². The van der Waals surface area contributed by atoms with E-state index in [1.165, 1.54) is 36.8 Å². The third kappa shape index (κ3) is 10.6. The summed E-state index contributed by atoms with van der Waals surface area (Å²) in [6, 6.07) is 0.713. The number of nitrogens with one attached hydrogen (secondary N) is 4. The van der Waals surface area contributed by atoms with Crippen LogP contribution in [0.1, 0.15) is 24.1 Å². The number of amides is 3. The first-order chi connectivity index (χ1) is 19.0. The molecule has 0 saturated heterocycles. The molecule has 3 amide bonds. The van der Waals surface area contributed by atoms with E-state index in [1.54, 1.807) is 0 Å². The van der Waals surface area contributed by atoms with Crippen LogP contribution in [0.2, 0.25) is 0 Å². The summed E-state index contributed by atoms with van der Waals surface area (Å²) in [5.41, 5.74) is 17.8. The minimum Gasteiger partial charge on any atom is -0.508 e. The maximum atomic E-state index is 13.3. The topological polar surface area (TPSA) is 284 Å². The van der Waals surface area contributed by atoms with Gasteiger partial charge in [-0.05, 0) is 30.5 Å². The number of phenols is 1. The Hall–Kier alpha value is -4.70. The first-order valence-electron chi connectivity index (χ1n) is 12.3. The van der Waals surface area contributed by atoms with Crippen LogP contribution >= 0.6 is 0 Å². The summed E-state index contributed by atoms with van der Waals surface area (Å²) in [4.78, 5) is 61.0. The third-order valence-corrected chi connectivity index (χ3v) is 5.72. The van der Waals surface area contributed by atoms with Crippen molar-refractivity contribution in [1.29, 1.82) is 0 Å². The van der Waals surface area contributed by atoms with E-state index in [2.05, 4.69) is 30.9 Å². The Morgan fingerprint density at radius 3 is 2.15 bits per heavy atom. The Labute approximate surface area is 229 Å². The van der Waals surface area contributed by atoms with E-state index in [0.29, 0.717) is 11.3 Å². The van der Waals surface area contributed by atoms with Crippen LogP contribution < -0.4 is 33.2 Å². The number of hydrogen-bond donors (Lipinski definition) is 10. The molecule has 1 heterocycles. The summed E-state index contributed by atoms with van der Waals surface area (Å²) >= 11 is 0. The van der Waals surface area contributed by atoms with Gasteiger partial charge in [0.2, 0.25) is 17.7 Å². The second-order valence-electron chi connectivity index (χ2n) is 8.91. The van der Waals surface area contributed by atoms with E-state index in [9.17, 15) is 34.5 Å². The Morgan fingerprint density at radius 2 is 1.57 bits per heavy atom. The smallest absolute Gasteiger partial charge is 0.328 e. The lowest BCUT2D eigenvalue weighted by molar-refractivity contribution is -0.143. The molecular weight excluding hydrogens is 526 g/mol. The minimum absolute atomic E-state index is 0.0185. The number of aromatic amines is 1. The standard InChI is InChI=1S/C24H35N9O7/c25-16(9-14-10-28-12-30-14)20(36)31-17(2-1-7-29-24(26)27)21(37)32-18(8-13-3-5-15(35)6-4-13)22(38)33-19(11-34)23(39)40/h3-6,10,12,16-19,34-35H,1-2,7-9,11,25H2,(H,28,30)(H,31,36)(H,32,37)(H,33,38)(H,39,40)(H4,26,27,29). The number of benzene rings is 1. The number of aliphatic hydroxyl groups is 1. The molecule has 4 unspecified atom stereocenters. The second kappa shape index (κ2) is 15.6. The molecule has 16 nitrogen and oxygen atoms in total. The highest BCUT2D eigenvalue weighted by Gasteiger charge is 2.30. The molecule has 1 aromatic carbocycles. The van der Waals surface area contributed by atoms with E-state index >= 15 is 0 Å². The third-order valence-electron chi connectivity index (χ3n) is 5.72. The first-order valence-corrected chi connectivity index (χ1v) is 12.3. The molecular formula is C24H35N9O7. The van der Waals surface area contributed by atoms with Gasteiger partial charge in [-0.15, -0.1) is 0 Å². The Bertz CT molecular complexity index is 1150. The molecule has 0 aliphatic heterocycles. The van der Waals surface area contributed by atoms with Crippen LogP contribution in [0, 0.1) is 0 Å². The normalized spacial score (nSPS) is 13.8. The average molecular weight is 562 g/mol. The van der Waals surface area contributed by atoms with Crippen LogP contribution in [-0.4, -0.2) is 92.3 Å². The van der Waals surface area contributed by atoms with Gasteiger partial charge in [-0.2, -0.15) is 0 Å². The molecule has 0 radical (unpaired) electrons. The van der Waals surface area contributed by atoms with Crippen molar-refractivity contribution >= 4 is 29.7 Å². The number of rotatable bonds is 16. The number of nitrogens with two attached hydrogens (primary N) is 3. The predicted octanol–water partition coefficient (Wildman–Crippen LogP) is -3.19. The molecule has 0 spiro atoms. The molecule has 218 valence electrons. The number of aliphatic imine (C=N–C) groups is 1. The zero-order valence-corrected chi connectivity index (χ0v) is 21.6. The number of H-pyrrole nitrogens is 1. The Morgan fingerprint density at radius 1 is 0.950 bits per heavy atom. The highest BCUT2D eigenvalue weighted by atomic mass is 16.4. The fraction of sp³-hybridized carbons (Fsp3) is 0.417.